The molecule has 0 aliphatic heterocycles. The van der Waals surface area contributed by atoms with Crippen LogP contribution in [0.4, 0.5) is 4.39 Å². The number of benzene rings is 1. The Bertz CT molecular complexity index is 481. The second-order valence-corrected chi connectivity index (χ2v) is 4.43. The highest BCUT2D eigenvalue weighted by Gasteiger charge is 2.19. The number of nitrogens with one attached hydrogen (secondary N) is 1. The van der Waals surface area contributed by atoms with Gasteiger partial charge in [0, 0.05) is 10.4 Å². The van der Waals surface area contributed by atoms with Crippen molar-refractivity contribution in [1.29, 1.82) is 0 Å². The van der Waals surface area contributed by atoms with E-state index in [2.05, 4.69) is 10.3 Å². The Morgan fingerprint density at radius 2 is 2.12 bits per heavy atom. The van der Waals surface area contributed by atoms with Gasteiger partial charge in [0.25, 0.3) is 0 Å². The average Bonchev–Trinajstić information content (AvgIpc) is 2.69. The summed E-state index contributed by atoms with van der Waals surface area (Å²) in [6.07, 6.45) is 0. The van der Waals surface area contributed by atoms with Gasteiger partial charge in [0.15, 0.2) is 0 Å². The third-order valence-electron chi connectivity index (χ3n) is 2.55. The van der Waals surface area contributed by atoms with Gasteiger partial charge in [0.2, 0.25) is 0 Å². The zero-order valence-electron chi connectivity index (χ0n) is 9.20. The summed E-state index contributed by atoms with van der Waals surface area (Å²) in [6.45, 7) is 1.94. The predicted molar refractivity (Wildman–Crippen MR) is 64.2 cm³/mol. The van der Waals surface area contributed by atoms with Crippen LogP contribution in [0.5, 0.6) is 0 Å². The molecule has 1 N–H and O–H groups in total. The molecule has 1 heterocycles. The highest BCUT2D eigenvalue weighted by atomic mass is 32.1. The van der Waals surface area contributed by atoms with Crippen LogP contribution < -0.4 is 5.32 Å². The largest absolute Gasteiger partial charge is 0.309 e. The van der Waals surface area contributed by atoms with Gasteiger partial charge in [-0.15, -0.1) is 11.3 Å². The molecule has 0 saturated carbocycles. The fourth-order valence-corrected chi connectivity index (χ4v) is 2.65. The van der Waals surface area contributed by atoms with Crippen molar-refractivity contribution in [2.75, 3.05) is 7.05 Å². The van der Waals surface area contributed by atoms with Crippen LogP contribution in [0, 0.1) is 12.7 Å². The molecule has 1 atom stereocenters. The van der Waals surface area contributed by atoms with Crippen LogP contribution in [0.15, 0.2) is 29.8 Å². The van der Waals surface area contributed by atoms with Crippen molar-refractivity contribution in [3.63, 3.8) is 0 Å². The predicted octanol–water partition coefficient (Wildman–Crippen LogP) is 2.90. The van der Waals surface area contributed by atoms with E-state index in [1.54, 1.807) is 29.0 Å². The van der Waals surface area contributed by atoms with E-state index in [1.807, 2.05) is 20.0 Å². The van der Waals surface area contributed by atoms with E-state index >= 15 is 0 Å². The number of rotatable bonds is 3. The number of aryl methyl sites for hydroxylation is 1. The molecule has 0 amide bonds. The summed E-state index contributed by atoms with van der Waals surface area (Å²) in [5.74, 6) is -0.186. The summed E-state index contributed by atoms with van der Waals surface area (Å²) < 4.78 is 13.7. The first kappa shape index (κ1) is 11.2. The van der Waals surface area contributed by atoms with Crippen molar-refractivity contribution in [1.82, 2.24) is 10.3 Å². The minimum Gasteiger partial charge on any atom is -0.309 e. The van der Waals surface area contributed by atoms with E-state index in [4.69, 9.17) is 0 Å². The van der Waals surface area contributed by atoms with E-state index in [1.165, 1.54) is 6.07 Å². The lowest BCUT2D eigenvalue weighted by Gasteiger charge is -2.16. The maximum Gasteiger partial charge on any atom is 0.128 e. The molecule has 4 heteroatoms. The van der Waals surface area contributed by atoms with Crippen molar-refractivity contribution >= 4 is 11.3 Å². The van der Waals surface area contributed by atoms with Gasteiger partial charge in [0.05, 0.1) is 17.2 Å². The highest BCUT2D eigenvalue weighted by Crippen LogP contribution is 2.28. The summed E-state index contributed by atoms with van der Waals surface area (Å²) in [5.41, 5.74) is 3.40. The molecule has 2 aromatic rings. The lowest BCUT2D eigenvalue weighted by Crippen LogP contribution is -2.18. The molecule has 16 heavy (non-hydrogen) atoms. The first-order valence-corrected chi connectivity index (χ1v) is 5.93. The number of hydrogen-bond donors (Lipinski definition) is 1. The molecule has 0 radical (unpaired) electrons. The topological polar surface area (TPSA) is 24.9 Å². The van der Waals surface area contributed by atoms with E-state index in [9.17, 15) is 4.39 Å². The molecule has 2 rings (SSSR count). The highest BCUT2D eigenvalue weighted by molar-refractivity contribution is 7.09. The average molecular weight is 236 g/mol. The fourth-order valence-electron chi connectivity index (χ4n) is 1.73. The normalized spacial score (nSPS) is 12.7. The Hall–Kier alpha value is -1.26. The van der Waals surface area contributed by atoms with Gasteiger partial charge < -0.3 is 5.32 Å². The van der Waals surface area contributed by atoms with Crippen molar-refractivity contribution in [2.45, 2.75) is 13.0 Å². The van der Waals surface area contributed by atoms with Crippen molar-refractivity contribution in [3.8, 4) is 0 Å². The lowest BCUT2D eigenvalue weighted by molar-refractivity contribution is 0.578. The molecule has 0 spiro atoms. The Morgan fingerprint density at radius 3 is 2.69 bits per heavy atom. The molecule has 1 aromatic carbocycles. The molecule has 1 unspecified atom stereocenters. The van der Waals surface area contributed by atoms with Crippen molar-refractivity contribution in [2.24, 2.45) is 0 Å². The third-order valence-corrected chi connectivity index (χ3v) is 3.55. The molecule has 84 valence electrons. The number of thiazole rings is 1. The zero-order chi connectivity index (χ0) is 11.5. The van der Waals surface area contributed by atoms with Crippen LogP contribution in [0.1, 0.15) is 22.2 Å². The first-order valence-electron chi connectivity index (χ1n) is 5.05. The van der Waals surface area contributed by atoms with Crippen molar-refractivity contribution in [3.05, 3.63) is 51.7 Å². The first-order chi connectivity index (χ1) is 7.74. The molecule has 1 aromatic heterocycles. The van der Waals surface area contributed by atoms with Gasteiger partial charge in [-0.05, 0) is 20.0 Å². The van der Waals surface area contributed by atoms with E-state index in [0.29, 0.717) is 5.56 Å². The van der Waals surface area contributed by atoms with Crippen LogP contribution in [0.3, 0.4) is 0 Å². The zero-order valence-corrected chi connectivity index (χ0v) is 10.0. The Labute approximate surface area is 98.2 Å². The maximum atomic E-state index is 13.7. The van der Waals surface area contributed by atoms with E-state index in [-0.39, 0.29) is 11.9 Å². The summed E-state index contributed by atoms with van der Waals surface area (Å²) in [6, 6.07) is 6.71. The fraction of sp³-hybridized carbons (Fsp3) is 0.250. The molecule has 0 fully saturated rings. The van der Waals surface area contributed by atoms with Crippen LogP contribution in [-0.2, 0) is 0 Å². The molecule has 0 bridgehead atoms. The van der Waals surface area contributed by atoms with Gasteiger partial charge in [-0.1, -0.05) is 18.2 Å². The van der Waals surface area contributed by atoms with Crippen LogP contribution in [-0.4, -0.2) is 12.0 Å². The Balaban J connectivity index is 2.45. The Kier molecular flexibility index (Phi) is 3.31. The van der Waals surface area contributed by atoms with Gasteiger partial charge >= 0.3 is 0 Å². The molecule has 0 aliphatic rings. The number of nitrogens with zero attached hydrogens (tertiary/aromatic N) is 1. The van der Waals surface area contributed by atoms with E-state index in [0.717, 1.165) is 10.6 Å². The SMILES string of the molecule is CNC(c1ccccc1F)c1scnc1C. The lowest BCUT2D eigenvalue weighted by atomic mass is 10.0. The summed E-state index contributed by atoms with van der Waals surface area (Å²) in [5, 5.41) is 3.13. The summed E-state index contributed by atoms with van der Waals surface area (Å²) >= 11 is 1.55. The maximum absolute atomic E-state index is 13.7. The minimum atomic E-state index is -0.186. The smallest absolute Gasteiger partial charge is 0.128 e. The second-order valence-electron chi connectivity index (χ2n) is 3.55. The summed E-state index contributed by atoms with van der Waals surface area (Å²) in [4.78, 5) is 5.26. The monoisotopic (exact) mass is 236 g/mol. The minimum absolute atomic E-state index is 0.117. The third kappa shape index (κ3) is 1.99. The van der Waals surface area contributed by atoms with Gasteiger partial charge in [0.1, 0.15) is 5.82 Å². The van der Waals surface area contributed by atoms with Crippen LogP contribution in [0.2, 0.25) is 0 Å². The quantitative estimate of drug-likeness (QED) is 0.886. The second kappa shape index (κ2) is 4.72. The number of halogens is 1. The van der Waals surface area contributed by atoms with Gasteiger partial charge in [-0.2, -0.15) is 0 Å². The molecule has 0 aliphatic carbocycles. The molecule has 0 saturated heterocycles. The Morgan fingerprint density at radius 1 is 1.38 bits per heavy atom. The van der Waals surface area contributed by atoms with Gasteiger partial charge in [-0.3, -0.25) is 0 Å². The molecule has 2 nitrogen and oxygen atoms in total. The summed E-state index contributed by atoms with van der Waals surface area (Å²) in [7, 11) is 1.83. The van der Waals surface area contributed by atoms with Crippen LogP contribution in [0.25, 0.3) is 0 Å². The van der Waals surface area contributed by atoms with E-state index < -0.39 is 0 Å². The van der Waals surface area contributed by atoms with Crippen LogP contribution >= 0.6 is 11.3 Å². The number of aromatic nitrogens is 1. The van der Waals surface area contributed by atoms with Gasteiger partial charge in [-0.25, -0.2) is 9.37 Å². The molecular weight excluding hydrogens is 223 g/mol. The van der Waals surface area contributed by atoms with Crippen molar-refractivity contribution < 1.29 is 4.39 Å². The standard InChI is InChI=1S/C12H13FN2S/c1-8-12(16-7-15-8)11(14-2)9-5-3-4-6-10(9)13/h3-7,11,14H,1-2H3. The number of hydrogen-bond acceptors (Lipinski definition) is 3. The molecular formula is C12H13FN2S.